The molecule has 0 spiro atoms. The van der Waals surface area contributed by atoms with E-state index < -0.39 is 0 Å². The summed E-state index contributed by atoms with van der Waals surface area (Å²) in [5.74, 6) is 6.78. The normalized spacial score (nSPS) is 11.4. The van der Waals surface area contributed by atoms with Gasteiger partial charge in [0.15, 0.2) is 5.82 Å². The van der Waals surface area contributed by atoms with E-state index in [-0.39, 0.29) is 5.41 Å². The van der Waals surface area contributed by atoms with E-state index in [1.54, 1.807) is 0 Å². The SMILES string of the molecule is CC(C)(C)c1cc(NN)nc(-c2ccc(Br)cc2)n1. The van der Waals surface area contributed by atoms with Gasteiger partial charge in [-0.2, -0.15) is 0 Å². The third-order valence-electron chi connectivity index (χ3n) is 2.74. The molecule has 0 saturated heterocycles. The summed E-state index contributed by atoms with van der Waals surface area (Å²) in [6, 6.07) is 9.77. The first-order valence-corrected chi connectivity index (χ1v) is 6.81. The van der Waals surface area contributed by atoms with Crippen LogP contribution in [0.15, 0.2) is 34.8 Å². The van der Waals surface area contributed by atoms with Gasteiger partial charge in [-0.25, -0.2) is 15.8 Å². The fraction of sp³-hybridized carbons (Fsp3) is 0.286. The van der Waals surface area contributed by atoms with Crippen molar-refractivity contribution in [3.05, 3.63) is 40.5 Å². The lowest BCUT2D eigenvalue weighted by molar-refractivity contribution is 0.568. The first-order chi connectivity index (χ1) is 8.90. The van der Waals surface area contributed by atoms with Crippen LogP contribution in [0.3, 0.4) is 0 Å². The summed E-state index contributed by atoms with van der Waals surface area (Å²) >= 11 is 3.42. The number of halogens is 1. The number of nitrogens with zero attached hydrogens (tertiary/aromatic N) is 2. The molecule has 0 aliphatic rings. The molecule has 0 radical (unpaired) electrons. The molecular weight excluding hydrogens is 304 g/mol. The first-order valence-electron chi connectivity index (χ1n) is 6.02. The summed E-state index contributed by atoms with van der Waals surface area (Å²) in [5.41, 5.74) is 4.46. The minimum Gasteiger partial charge on any atom is -0.308 e. The number of aromatic nitrogens is 2. The predicted molar refractivity (Wildman–Crippen MR) is 81.7 cm³/mol. The lowest BCUT2D eigenvalue weighted by Crippen LogP contribution is -2.17. The molecule has 2 aromatic rings. The quantitative estimate of drug-likeness (QED) is 0.656. The lowest BCUT2D eigenvalue weighted by Gasteiger charge is -2.19. The number of hydrazine groups is 1. The van der Waals surface area contributed by atoms with Crippen LogP contribution in [0.25, 0.3) is 11.4 Å². The van der Waals surface area contributed by atoms with E-state index in [1.807, 2.05) is 30.3 Å². The monoisotopic (exact) mass is 320 g/mol. The Kier molecular flexibility index (Phi) is 3.87. The van der Waals surface area contributed by atoms with Crippen molar-refractivity contribution in [2.75, 3.05) is 5.43 Å². The van der Waals surface area contributed by atoms with Crippen molar-refractivity contribution in [1.82, 2.24) is 9.97 Å². The maximum absolute atomic E-state index is 5.49. The average molecular weight is 321 g/mol. The van der Waals surface area contributed by atoms with E-state index in [2.05, 4.69) is 52.1 Å². The molecule has 5 heteroatoms. The fourth-order valence-corrected chi connectivity index (χ4v) is 1.90. The molecule has 1 aromatic carbocycles. The van der Waals surface area contributed by atoms with Crippen molar-refractivity contribution in [2.45, 2.75) is 26.2 Å². The molecule has 19 heavy (non-hydrogen) atoms. The number of nitrogen functional groups attached to an aromatic ring is 1. The van der Waals surface area contributed by atoms with Crippen LogP contribution in [0.4, 0.5) is 5.82 Å². The highest BCUT2D eigenvalue weighted by atomic mass is 79.9. The Bertz CT molecular complexity index is 573. The van der Waals surface area contributed by atoms with Crippen LogP contribution in [0, 0.1) is 0 Å². The minimum atomic E-state index is -0.0569. The van der Waals surface area contributed by atoms with E-state index in [0.29, 0.717) is 11.6 Å². The van der Waals surface area contributed by atoms with Crippen molar-refractivity contribution in [2.24, 2.45) is 5.84 Å². The number of anilines is 1. The fourth-order valence-electron chi connectivity index (χ4n) is 1.63. The van der Waals surface area contributed by atoms with Crippen LogP contribution in [0.1, 0.15) is 26.5 Å². The molecule has 100 valence electrons. The zero-order valence-corrected chi connectivity index (χ0v) is 12.8. The van der Waals surface area contributed by atoms with Gasteiger partial charge in [0.05, 0.1) is 5.69 Å². The maximum atomic E-state index is 5.49. The number of nitrogens with one attached hydrogen (secondary N) is 1. The van der Waals surface area contributed by atoms with E-state index >= 15 is 0 Å². The van der Waals surface area contributed by atoms with Crippen LogP contribution in [-0.2, 0) is 5.41 Å². The highest BCUT2D eigenvalue weighted by Crippen LogP contribution is 2.26. The van der Waals surface area contributed by atoms with Gasteiger partial charge in [0.1, 0.15) is 5.82 Å². The number of hydrogen-bond acceptors (Lipinski definition) is 4. The highest BCUT2D eigenvalue weighted by Gasteiger charge is 2.18. The second-order valence-corrected chi connectivity index (χ2v) is 6.28. The van der Waals surface area contributed by atoms with Crippen molar-refractivity contribution < 1.29 is 0 Å². The molecule has 0 aliphatic heterocycles. The molecule has 0 aliphatic carbocycles. The zero-order valence-electron chi connectivity index (χ0n) is 11.2. The Morgan fingerprint density at radius 2 is 1.74 bits per heavy atom. The third kappa shape index (κ3) is 3.30. The first kappa shape index (κ1) is 14.0. The molecule has 0 atom stereocenters. The number of hydrogen-bond donors (Lipinski definition) is 2. The van der Waals surface area contributed by atoms with E-state index in [4.69, 9.17) is 5.84 Å². The summed E-state index contributed by atoms with van der Waals surface area (Å²) in [6.07, 6.45) is 0. The van der Waals surface area contributed by atoms with Crippen molar-refractivity contribution in [3.63, 3.8) is 0 Å². The second-order valence-electron chi connectivity index (χ2n) is 5.36. The standard InChI is InChI=1S/C14H17BrN4/c1-14(2,3)11-8-12(19-16)18-13(17-11)9-4-6-10(15)7-5-9/h4-8H,16H2,1-3H3,(H,17,18,19). The summed E-state index contributed by atoms with van der Waals surface area (Å²) in [4.78, 5) is 9.03. The van der Waals surface area contributed by atoms with Gasteiger partial charge in [-0.1, -0.05) is 48.8 Å². The van der Waals surface area contributed by atoms with Crippen LogP contribution in [0.5, 0.6) is 0 Å². The molecule has 0 unspecified atom stereocenters. The van der Waals surface area contributed by atoms with Crippen LogP contribution in [-0.4, -0.2) is 9.97 Å². The lowest BCUT2D eigenvalue weighted by atomic mass is 9.92. The van der Waals surface area contributed by atoms with Crippen LogP contribution in [0.2, 0.25) is 0 Å². The highest BCUT2D eigenvalue weighted by molar-refractivity contribution is 9.10. The third-order valence-corrected chi connectivity index (χ3v) is 3.27. The molecule has 3 N–H and O–H groups in total. The Balaban J connectivity index is 2.54. The van der Waals surface area contributed by atoms with E-state index in [0.717, 1.165) is 15.7 Å². The van der Waals surface area contributed by atoms with Crippen molar-refractivity contribution >= 4 is 21.7 Å². The number of rotatable bonds is 2. The summed E-state index contributed by atoms with van der Waals surface area (Å²) in [5, 5.41) is 0. The van der Waals surface area contributed by atoms with Crippen LogP contribution >= 0.6 is 15.9 Å². The molecule has 0 amide bonds. The van der Waals surface area contributed by atoms with E-state index in [1.165, 1.54) is 0 Å². The molecule has 4 nitrogen and oxygen atoms in total. The Morgan fingerprint density at radius 1 is 1.11 bits per heavy atom. The summed E-state index contributed by atoms with van der Waals surface area (Å²) < 4.78 is 1.03. The van der Waals surface area contributed by atoms with Gasteiger partial charge >= 0.3 is 0 Å². The molecule has 1 heterocycles. The number of nitrogens with two attached hydrogens (primary N) is 1. The minimum absolute atomic E-state index is 0.0569. The Hall–Kier alpha value is -1.46. The van der Waals surface area contributed by atoms with Gasteiger partial charge in [0.25, 0.3) is 0 Å². The Morgan fingerprint density at radius 3 is 2.26 bits per heavy atom. The molecule has 0 fully saturated rings. The zero-order chi connectivity index (χ0) is 14.0. The summed E-state index contributed by atoms with van der Waals surface area (Å²) in [7, 11) is 0. The van der Waals surface area contributed by atoms with E-state index in [9.17, 15) is 0 Å². The van der Waals surface area contributed by atoms with Crippen LogP contribution < -0.4 is 11.3 Å². The van der Waals surface area contributed by atoms with Crippen molar-refractivity contribution in [1.29, 1.82) is 0 Å². The molecule has 0 saturated carbocycles. The predicted octanol–water partition coefficient (Wildman–Crippen LogP) is 3.49. The summed E-state index contributed by atoms with van der Waals surface area (Å²) in [6.45, 7) is 6.34. The molecule has 1 aromatic heterocycles. The van der Waals surface area contributed by atoms with Gasteiger partial charge < -0.3 is 5.43 Å². The molecule has 0 bridgehead atoms. The Labute approximate surface area is 121 Å². The van der Waals surface area contributed by atoms with Gasteiger partial charge in [-0.3, -0.25) is 0 Å². The molecular formula is C14H17BrN4. The molecule has 2 rings (SSSR count). The van der Waals surface area contributed by atoms with Gasteiger partial charge in [0, 0.05) is 21.5 Å². The van der Waals surface area contributed by atoms with Gasteiger partial charge in [0.2, 0.25) is 0 Å². The van der Waals surface area contributed by atoms with Gasteiger partial charge in [-0.05, 0) is 12.1 Å². The maximum Gasteiger partial charge on any atom is 0.161 e. The average Bonchev–Trinajstić information content (AvgIpc) is 2.38. The smallest absolute Gasteiger partial charge is 0.161 e. The second kappa shape index (κ2) is 5.27. The largest absolute Gasteiger partial charge is 0.308 e. The van der Waals surface area contributed by atoms with Gasteiger partial charge in [-0.15, -0.1) is 0 Å². The number of benzene rings is 1. The topological polar surface area (TPSA) is 63.8 Å². The van der Waals surface area contributed by atoms with Crippen molar-refractivity contribution in [3.8, 4) is 11.4 Å².